The van der Waals surface area contributed by atoms with Gasteiger partial charge in [0.05, 0.1) is 11.7 Å². The van der Waals surface area contributed by atoms with Gasteiger partial charge in [-0.2, -0.15) is 6.07 Å². The number of benzene rings is 3. The summed E-state index contributed by atoms with van der Waals surface area (Å²) < 4.78 is 8.16. The van der Waals surface area contributed by atoms with Crippen LogP contribution in [0.1, 0.15) is 26.3 Å². The average molecular weight is 655 g/mol. The predicted octanol–water partition coefficient (Wildman–Crippen LogP) is 6.71. The fourth-order valence-electron chi connectivity index (χ4n) is 4.34. The molecule has 0 spiro atoms. The third-order valence-electron chi connectivity index (χ3n) is 6.14. The maximum Gasteiger partial charge on any atom is 0.236 e. The van der Waals surface area contributed by atoms with Gasteiger partial charge in [0.1, 0.15) is 17.1 Å². The zero-order valence-corrected chi connectivity index (χ0v) is 22.2. The van der Waals surface area contributed by atoms with Crippen LogP contribution in [-0.4, -0.2) is 24.6 Å². The fourth-order valence-corrected chi connectivity index (χ4v) is 4.34. The van der Waals surface area contributed by atoms with Crippen molar-refractivity contribution >= 4 is 32.8 Å². The molecule has 36 heavy (non-hydrogen) atoms. The van der Waals surface area contributed by atoms with Crippen LogP contribution in [0.25, 0.3) is 38.7 Å². The Hall–Kier alpha value is -3.76. The van der Waals surface area contributed by atoms with Crippen molar-refractivity contribution in [2.24, 2.45) is 0 Å². The molecule has 3 aromatic carbocycles. The summed E-state index contributed by atoms with van der Waals surface area (Å²) in [5, 5.41) is 12.3. The largest absolute Gasteiger partial charge is 0.506 e. The predicted molar refractivity (Wildman–Crippen MR) is 137 cm³/mol. The van der Waals surface area contributed by atoms with Gasteiger partial charge in [0.2, 0.25) is 5.88 Å². The number of aromatic hydroxyl groups is 1. The minimum Gasteiger partial charge on any atom is -0.506 e. The Balaban J connectivity index is 0.00000267. The number of ether oxygens (including phenoxy) is 1. The molecule has 0 saturated heterocycles. The SMILES string of the molecule is CC(C)(C)c1ccnc(-n2c3[c-]c(Oc4cnc5cccc(O)c5n4)ccc3c3ccccc32)c1.[Pt]. The molecular weight excluding hydrogens is 631 g/mol. The zero-order valence-electron chi connectivity index (χ0n) is 20.0. The zero-order chi connectivity index (χ0) is 24.2. The van der Waals surface area contributed by atoms with E-state index in [4.69, 9.17) is 9.72 Å². The molecule has 0 radical (unpaired) electrons. The number of phenolic OH excluding ortho intramolecular Hbond substituents is 1. The van der Waals surface area contributed by atoms with E-state index < -0.39 is 0 Å². The van der Waals surface area contributed by atoms with E-state index in [1.165, 1.54) is 5.56 Å². The summed E-state index contributed by atoms with van der Waals surface area (Å²) in [7, 11) is 0. The Morgan fingerprint density at radius 2 is 1.75 bits per heavy atom. The van der Waals surface area contributed by atoms with Gasteiger partial charge < -0.3 is 14.4 Å². The normalized spacial score (nSPS) is 11.6. The van der Waals surface area contributed by atoms with Gasteiger partial charge in [-0.15, -0.1) is 17.5 Å². The number of aromatic nitrogens is 4. The summed E-state index contributed by atoms with van der Waals surface area (Å²) in [4.78, 5) is 13.5. The number of fused-ring (bicyclic) bond motifs is 4. The monoisotopic (exact) mass is 654 g/mol. The Labute approximate surface area is 222 Å². The van der Waals surface area contributed by atoms with Crippen molar-refractivity contribution in [3.05, 3.63) is 90.8 Å². The molecule has 6 rings (SSSR count). The van der Waals surface area contributed by atoms with Crippen LogP contribution in [0.3, 0.4) is 0 Å². The molecule has 3 heterocycles. The quantitative estimate of drug-likeness (QED) is 0.215. The number of nitrogens with zero attached hydrogens (tertiary/aromatic N) is 4. The molecule has 6 aromatic rings. The summed E-state index contributed by atoms with van der Waals surface area (Å²) in [6.07, 6.45) is 3.40. The van der Waals surface area contributed by atoms with E-state index in [0.717, 1.165) is 27.6 Å². The molecule has 6 nitrogen and oxygen atoms in total. The molecule has 0 fully saturated rings. The molecule has 0 atom stereocenters. The molecule has 0 amide bonds. The van der Waals surface area contributed by atoms with Crippen molar-refractivity contribution in [2.45, 2.75) is 26.2 Å². The van der Waals surface area contributed by atoms with Gasteiger partial charge in [-0.3, -0.25) is 0 Å². The molecule has 0 bridgehead atoms. The first kappa shape index (κ1) is 24.0. The van der Waals surface area contributed by atoms with E-state index in [9.17, 15) is 5.11 Å². The fraction of sp³-hybridized carbons (Fsp3) is 0.138. The van der Waals surface area contributed by atoms with Crippen LogP contribution in [-0.2, 0) is 26.5 Å². The van der Waals surface area contributed by atoms with E-state index in [2.05, 4.69) is 65.6 Å². The van der Waals surface area contributed by atoms with E-state index >= 15 is 0 Å². The summed E-state index contributed by atoms with van der Waals surface area (Å²) in [5.74, 6) is 1.67. The van der Waals surface area contributed by atoms with Crippen LogP contribution in [0.4, 0.5) is 0 Å². The maximum absolute atomic E-state index is 10.1. The smallest absolute Gasteiger partial charge is 0.236 e. The van der Waals surface area contributed by atoms with Gasteiger partial charge >= 0.3 is 0 Å². The Kier molecular flexibility index (Phi) is 6.01. The number of hydrogen-bond acceptors (Lipinski definition) is 5. The van der Waals surface area contributed by atoms with Crippen LogP contribution in [0.15, 0.2) is 79.1 Å². The van der Waals surface area contributed by atoms with Crippen LogP contribution >= 0.6 is 0 Å². The van der Waals surface area contributed by atoms with E-state index in [1.54, 1.807) is 24.4 Å². The van der Waals surface area contributed by atoms with E-state index in [-0.39, 0.29) is 38.1 Å². The number of pyridine rings is 1. The summed E-state index contributed by atoms with van der Waals surface area (Å²) in [6.45, 7) is 6.58. The average Bonchev–Trinajstić information content (AvgIpc) is 3.18. The number of hydrogen-bond donors (Lipinski definition) is 1. The first-order valence-corrected chi connectivity index (χ1v) is 11.4. The van der Waals surface area contributed by atoms with Gasteiger partial charge in [0.25, 0.3) is 0 Å². The number of rotatable bonds is 3. The summed E-state index contributed by atoms with van der Waals surface area (Å²) in [6, 6.07) is 24.9. The van der Waals surface area contributed by atoms with Gasteiger partial charge in [-0.05, 0) is 46.7 Å². The molecule has 3 aromatic heterocycles. The number of phenols is 1. The van der Waals surface area contributed by atoms with Crippen molar-refractivity contribution in [1.29, 1.82) is 0 Å². The van der Waals surface area contributed by atoms with Crippen molar-refractivity contribution in [1.82, 2.24) is 19.5 Å². The molecule has 182 valence electrons. The van der Waals surface area contributed by atoms with E-state index in [1.807, 2.05) is 30.5 Å². The van der Waals surface area contributed by atoms with Gasteiger partial charge in [-0.1, -0.05) is 50.6 Å². The molecule has 0 aliphatic carbocycles. The molecule has 0 aliphatic heterocycles. The van der Waals surface area contributed by atoms with E-state index in [0.29, 0.717) is 16.8 Å². The minimum atomic E-state index is -0.00521. The summed E-state index contributed by atoms with van der Waals surface area (Å²) in [5.41, 5.74) is 4.09. The molecule has 7 heteroatoms. The standard InChI is InChI=1S/C29H23N4O2.Pt/c1-29(2,3)18-13-14-30-26(15-18)33-23-9-5-4-7-20(23)21-12-11-19(16-24(21)33)35-27-17-31-22-8-6-10-25(34)28(22)32-27;/h4-15,17,34H,1-3H3;/q-1;. The molecule has 0 aliphatic rings. The van der Waals surface area contributed by atoms with Crippen LogP contribution in [0.5, 0.6) is 17.4 Å². The van der Waals surface area contributed by atoms with Crippen LogP contribution in [0.2, 0.25) is 0 Å². The molecule has 1 N–H and O–H groups in total. The third kappa shape index (κ3) is 4.12. The third-order valence-corrected chi connectivity index (χ3v) is 6.14. The second-order valence-electron chi connectivity index (χ2n) is 9.55. The first-order chi connectivity index (χ1) is 16.9. The van der Waals surface area contributed by atoms with Gasteiger partial charge in [0, 0.05) is 38.5 Å². The second-order valence-corrected chi connectivity index (χ2v) is 9.55. The van der Waals surface area contributed by atoms with Crippen molar-refractivity contribution in [3.8, 4) is 23.2 Å². The molecular formula is C29H23N4O2Pt-. The Bertz CT molecular complexity index is 1740. The van der Waals surface area contributed by atoms with Gasteiger partial charge in [-0.25, -0.2) is 15.0 Å². The second kappa shape index (κ2) is 9.03. The molecule has 0 unspecified atom stereocenters. The Morgan fingerprint density at radius 1 is 0.917 bits per heavy atom. The van der Waals surface area contributed by atoms with Crippen LogP contribution < -0.4 is 4.74 Å². The Morgan fingerprint density at radius 3 is 2.58 bits per heavy atom. The first-order valence-electron chi connectivity index (χ1n) is 11.4. The molecule has 0 saturated carbocycles. The van der Waals surface area contributed by atoms with Crippen molar-refractivity contribution in [3.63, 3.8) is 0 Å². The van der Waals surface area contributed by atoms with Gasteiger partial charge in [0.15, 0.2) is 0 Å². The van der Waals surface area contributed by atoms with Crippen molar-refractivity contribution in [2.75, 3.05) is 0 Å². The summed E-state index contributed by atoms with van der Waals surface area (Å²) >= 11 is 0. The van der Waals surface area contributed by atoms with Crippen LogP contribution in [0, 0.1) is 6.07 Å². The minimum absolute atomic E-state index is 0. The van der Waals surface area contributed by atoms with Crippen molar-refractivity contribution < 1.29 is 30.9 Å². The topological polar surface area (TPSA) is 73.1 Å². The maximum atomic E-state index is 10.1. The number of para-hydroxylation sites is 2.